The van der Waals surface area contributed by atoms with E-state index in [2.05, 4.69) is 50.5 Å². The second-order valence-corrected chi connectivity index (χ2v) is 19.3. The molecule has 3 saturated carbocycles. The minimum Gasteiger partial charge on any atom is -0.504 e. The molecule has 0 bridgehead atoms. The summed E-state index contributed by atoms with van der Waals surface area (Å²) < 4.78 is 11.3. The lowest BCUT2D eigenvalue weighted by Crippen LogP contribution is -2.62. The number of anilines is 1. The second kappa shape index (κ2) is 14.4. The molecule has 2 heterocycles. The van der Waals surface area contributed by atoms with Crippen molar-refractivity contribution in [1.29, 1.82) is 0 Å². The number of ketones is 1. The Labute approximate surface area is 350 Å². The van der Waals surface area contributed by atoms with Gasteiger partial charge in [-0.1, -0.05) is 51.5 Å². The van der Waals surface area contributed by atoms with Crippen LogP contribution in [0.15, 0.2) is 64.5 Å². The van der Waals surface area contributed by atoms with Crippen LogP contribution in [0.1, 0.15) is 126 Å². The van der Waals surface area contributed by atoms with E-state index in [0.717, 1.165) is 54.6 Å². The molecule has 4 fully saturated rings. The zero-order chi connectivity index (χ0) is 43.2. The van der Waals surface area contributed by atoms with Gasteiger partial charge in [0, 0.05) is 29.5 Å². The lowest BCUT2D eigenvalue weighted by Gasteiger charge is -2.70. The van der Waals surface area contributed by atoms with Crippen LogP contribution in [0.4, 0.5) is 5.69 Å². The van der Waals surface area contributed by atoms with Gasteiger partial charge in [0.05, 0.1) is 29.8 Å². The molecule has 13 heteroatoms. The van der Waals surface area contributed by atoms with Gasteiger partial charge in [-0.3, -0.25) is 43.8 Å². The number of nitrogens with zero attached hydrogens (tertiary/aromatic N) is 1. The average Bonchev–Trinajstić information content (AvgIpc) is 3.46. The number of rotatable bonds is 9. The normalized spacial score (nSPS) is 34.5. The highest BCUT2D eigenvalue weighted by Gasteiger charge is 2.67. The average molecular weight is 822 g/mol. The molecule has 1 aromatic carbocycles. The van der Waals surface area contributed by atoms with Crippen LogP contribution in [-0.2, 0) is 33.4 Å². The van der Waals surface area contributed by atoms with Crippen molar-refractivity contribution in [3.63, 3.8) is 0 Å². The molecule has 3 N–H and O–H groups in total. The summed E-state index contributed by atoms with van der Waals surface area (Å²) in [6.07, 6.45) is 12.6. The van der Waals surface area contributed by atoms with Gasteiger partial charge in [0.2, 0.25) is 17.6 Å². The van der Waals surface area contributed by atoms with Crippen molar-refractivity contribution in [1.82, 2.24) is 10.2 Å². The minimum atomic E-state index is -1.10. The van der Waals surface area contributed by atoms with E-state index in [1.54, 1.807) is 18.2 Å². The van der Waals surface area contributed by atoms with E-state index >= 15 is 0 Å². The maximum absolute atomic E-state index is 13.9. The van der Waals surface area contributed by atoms with Crippen LogP contribution in [0.5, 0.6) is 0 Å². The molecule has 0 spiro atoms. The number of imide groups is 2. The highest BCUT2D eigenvalue weighted by molar-refractivity contribution is 6.25. The predicted octanol–water partition coefficient (Wildman–Crippen LogP) is 6.60. The van der Waals surface area contributed by atoms with Gasteiger partial charge in [-0.25, -0.2) is 0 Å². The molecule has 7 atom stereocenters. The molecule has 1 unspecified atom stereocenters. The Bertz CT molecular complexity index is 2290. The summed E-state index contributed by atoms with van der Waals surface area (Å²) in [5.41, 5.74) is 3.09. The maximum atomic E-state index is 13.9. The van der Waals surface area contributed by atoms with Crippen LogP contribution >= 0.6 is 0 Å². The maximum Gasteiger partial charge on any atom is 0.325 e. The Morgan fingerprint density at radius 2 is 1.65 bits per heavy atom. The molecule has 0 radical (unpaired) electrons. The molecule has 5 aliphatic carbocycles. The summed E-state index contributed by atoms with van der Waals surface area (Å²) >= 11 is 0. The number of ether oxygens (including phenoxy) is 2. The van der Waals surface area contributed by atoms with E-state index in [4.69, 9.17) is 9.47 Å². The van der Waals surface area contributed by atoms with Gasteiger partial charge < -0.3 is 19.9 Å². The number of aliphatic hydroxyl groups is 1. The Hall–Kier alpha value is -5.33. The van der Waals surface area contributed by atoms with Gasteiger partial charge in [-0.15, -0.1) is 0 Å². The summed E-state index contributed by atoms with van der Waals surface area (Å²) in [7, 11) is 0. The number of carbonyl (C=O) groups is 7. The molecular formula is C47H55N3O10. The molecule has 318 valence electrons. The first-order valence-corrected chi connectivity index (χ1v) is 21.3. The summed E-state index contributed by atoms with van der Waals surface area (Å²) in [5.74, 6) is -3.60. The van der Waals surface area contributed by atoms with Crippen molar-refractivity contribution in [2.75, 3.05) is 25.1 Å². The number of allylic oxidation sites excluding steroid dienone is 7. The number of carbonyl (C=O) groups excluding carboxylic acids is 7. The van der Waals surface area contributed by atoms with E-state index in [0.29, 0.717) is 18.4 Å². The molecule has 60 heavy (non-hydrogen) atoms. The Morgan fingerprint density at radius 1 is 0.917 bits per heavy atom. The predicted molar refractivity (Wildman–Crippen MR) is 219 cm³/mol. The molecule has 1 saturated heterocycles. The number of aliphatic hydroxyl groups excluding tert-OH is 1. The number of fused-ring (bicyclic) bond motifs is 8. The number of piperidine rings is 1. The van der Waals surface area contributed by atoms with Crippen LogP contribution in [0, 0.1) is 33.0 Å². The van der Waals surface area contributed by atoms with Gasteiger partial charge in [-0.05, 0) is 117 Å². The fourth-order valence-electron chi connectivity index (χ4n) is 12.1. The van der Waals surface area contributed by atoms with Crippen molar-refractivity contribution in [3.8, 4) is 0 Å². The molecule has 0 aromatic heterocycles. The third-order valence-electron chi connectivity index (χ3n) is 16.0. The van der Waals surface area contributed by atoms with Crippen LogP contribution in [-0.4, -0.2) is 77.2 Å². The monoisotopic (exact) mass is 821 g/mol. The zero-order valence-corrected chi connectivity index (χ0v) is 35.4. The first kappa shape index (κ1) is 41.4. The van der Waals surface area contributed by atoms with Crippen molar-refractivity contribution in [2.24, 2.45) is 33.0 Å². The van der Waals surface area contributed by atoms with Gasteiger partial charge in [0.1, 0.15) is 12.6 Å². The largest absolute Gasteiger partial charge is 0.504 e. The molecule has 1 aromatic rings. The third-order valence-corrected chi connectivity index (χ3v) is 16.0. The fraction of sp³-hybridized carbons (Fsp3) is 0.553. The van der Waals surface area contributed by atoms with E-state index < -0.39 is 41.1 Å². The van der Waals surface area contributed by atoms with E-state index in [-0.39, 0.29) is 94.5 Å². The quantitative estimate of drug-likeness (QED) is 0.138. The standard InChI is InChI=1S/C47H55N3O10/c1-26-27-11-13-33-45(4,29(27)23-32(51)38(26)54)18-20-47(6)34-24-44(3,16-15-43(34,2)17-19-46(33,47)5)42(58)60-22-8-21-59-36(53)25-48-30-10-7-9-28-37(30)41(57)50(40(28)56)31-12-14-35(52)49-39(31)55/h7,9-11,13,23,31,34,48,54H,8,12,14-22,24-25H2,1-6H3,(H,49,52,55)/t31?,34-,43-,44-,45+,46-,47+/m1/s1. The Kier molecular flexibility index (Phi) is 9.94. The van der Waals surface area contributed by atoms with E-state index in [1.807, 2.05) is 13.8 Å². The minimum absolute atomic E-state index is 0.00744. The highest BCUT2D eigenvalue weighted by Crippen LogP contribution is 2.75. The third kappa shape index (κ3) is 6.19. The fourth-order valence-corrected chi connectivity index (χ4v) is 12.1. The Morgan fingerprint density at radius 3 is 2.40 bits per heavy atom. The molecular weight excluding hydrogens is 767 g/mol. The lowest BCUT2D eigenvalue weighted by atomic mass is 9.34. The number of hydrogen-bond acceptors (Lipinski definition) is 11. The summed E-state index contributed by atoms with van der Waals surface area (Å²) in [6, 6.07) is 3.50. The topological polar surface area (TPSA) is 185 Å². The summed E-state index contributed by atoms with van der Waals surface area (Å²) in [4.78, 5) is 90.9. The van der Waals surface area contributed by atoms with Gasteiger partial charge >= 0.3 is 11.9 Å². The van der Waals surface area contributed by atoms with Crippen LogP contribution in [0.3, 0.4) is 0 Å². The first-order chi connectivity index (χ1) is 28.3. The second-order valence-electron chi connectivity index (χ2n) is 19.3. The van der Waals surface area contributed by atoms with Gasteiger partial charge in [-0.2, -0.15) is 0 Å². The van der Waals surface area contributed by atoms with E-state index in [9.17, 15) is 38.7 Å². The lowest BCUT2D eigenvalue weighted by molar-refractivity contribution is -0.182. The van der Waals surface area contributed by atoms with Crippen molar-refractivity contribution >= 4 is 47.0 Å². The van der Waals surface area contributed by atoms with Gasteiger partial charge in [0.15, 0.2) is 5.76 Å². The molecule has 13 nitrogen and oxygen atoms in total. The molecule has 8 rings (SSSR count). The van der Waals surface area contributed by atoms with Crippen LogP contribution in [0.25, 0.3) is 0 Å². The number of benzene rings is 1. The zero-order valence-electron chi connectivity index (χ0n) is 35.4. The van der Waals surface area contributed by atoms with Crippen molar-refractivity contribution < 1.29 is 48.1 Å². The van der Waals surface area contributed by atoms with Crippen LogP contribution in [0.2, 0.25) is 0 Å². The van der Waals surface area contributed by atoms with Crippen molar-refractivity contribution in [3.05, 3.63) is 75.6 Å². The summed E-state index contributed by atoms with van der Waals surface area (Å²) in [6.45, 7) is 13.1. The smallest absolute Gasteiger partial charge is 0.325 e. The number of amides is 4. The van der Waals surface area contributed by atoms with Crippen LogP contribution < -0.4 is 10.6 Å². The Balaban J connectivity index is 0.860. The summed E-state index contributed by atoms with van der Waals surface area (Å²) in [5, 5.41) is 15.5. The highest BCUT2D eigenvalue weighted by atomic mass is 16.5. The number of esters is 2. The molecule has 2 aliphatic heterocycles. The van der Waals surface area contributed by atoms with Gasteiger partial charge in [0.25, 0.3) is 11.8 Å². The number of nitrogens with one attached hydrogen (secondary N) is 2. The molecule has 4 amide bonds. The first-order valence-electron chi connectivity index (χ1n) is 21.3. The number of hydrogen-bond donors (Lipinski definition) is 3. The molecule has 7 aliphatic rings. The SMILES string of the molecule is CC1=C(O)C(=O)C=C2C1=CC=C1[C@@]2(C)CC[C@@]2(C)[C@@H]3C[C@](C)(C(=O)OCCCOC(=O)CNc4cccc5c4C(=O)N(C4CCC(=O)NC4=O)C5=O)CC[C@]3(C)CC[C@]12C. The van der Waals surface area contributed by atoms with E-state index in [1.165, 1.54) is 11.6 Å². The van der Waals surface area contributed by atoms with Crippen molar-refractivity contribution in [2.45, 2.75) is 112 Å².